The highest BCUT2D eigenvalue weighted by Crippen LogP contribution is 2.26. The second-order valence-electron chi connectivity index (χ2n) is 4.08. The lowest BCUT2D eigenvalue weighted by Crippen LogP contribution is -2.20. The molecule has 3 rings (SSSR count). The van der Waals surface area contributed by atoms with Crippen LogP contribution in [0.5, 0.6) is 5.75 Å². The first-order valence-corrected chi connectivity index (χ1v) is 5.57. The van der Waals surface area contributed by atoms with E-state index < -0.39 is 0 Å². The highest BCUT2D eigenvalue weighted by Gasteiger charge is 2.23. The predicted molar refractivity (Wildman–Crippen MR) is 62.7 cm³/mol. The molecule has 0 bridgehead atoms. The quantitative estimate of drug-likeness (QED) is 0.784. The fourth-order valence-electron chi connectivity index (χ4n) is 2.05. The third-order valence-corrected chi connectivity index (χ3v) is 2.87. The van der Waals surface area contributed by atoms with E-state index in [1.54, 1.807) is 11.1 Å². The molecule has 0 aromatic heterocycles. The Morgan fingerprint density at radius 2 is 1.76 bits per heavy atom. The van der Waals surface area contributed by atoms with Crippen molar-refractivity contribution >= 4 is 0 Å². The topological polar surface area (TPSA) is 12.5 Å². The number of halogens is 1. The summed E-state index contributed by atoms with van der Waals surface area (Å²) in [4.78, 5) is 5.68. The van der Waals surface area contributed by atoms with Crippen molar-refractivity contribution in [2.24, 2.45) is 0 Å². The van der Waals surface area contributed by atoms with Crippen LogP contribution in [0.3, 0.4) is 0 Å². The number of hydroxylamine groups is 2. The van der Waals surface area contributed by atoms with Gasteiger partial charge in [-0.25, -0.2) is 4.39 Å². The van der Waals surface area contributed by atoms with E-state index in [-0.39, 0.29) is 5.82 Å². The van der Waals surface area contributed by atoms with Crippen LogP contribution < -0.4 is 4.84 Å². The van der Waals surface area contributed by atoms with Crippen LogP contribution >= 0.6 is 0 Å². The van der Waals surface area contributed by atoms with Crippen molar-refractivity contribution in [3.05, 3.63) is 65.5 Å². The van der Waals surface area contributed by atoms with Crippen LogP contribution in [-0.2, 0) is 13.1 Å². The molecule has 1 heterocycles. The van der Waals surface area contributed by atoms with Crippen molar-refractivity contribution in [3.8, 4) is 5.75 Å². The maximum absolute atomic E-state index is 13.5. The van der Waals surface area contributed by atoms with Gasteiger partial charge in [0.1, 0.15) is 11.6 Å². The van der Waals surface area contributed by atoms with E-state index >= 15 is 0 Å². The van der Waals surface area contributed by atoms with Crippen molar-refractivity contribution in [2.75, 3.05) is 0 Å². The van der Waals surface area contributed by atoms with Crippen molar-refractivity contribution < 1.29 is 9.23 Å². The largest absolute Gasteiger partial charge is 0.405 e. The van der Waals surface area contributed by atoms with Crippen LogP contribution in [0.25, 0.3) is 0 Å². The summed E-state index contributed by atoms with van der Waals surface area (Å²) < 4.78 is 13.5. The molecular formula is C14H12FNO. The van der Waals surface area contributed by atoms with Gasteiger partial charge in [0.15, 0.2) is 0 Å². The predicted octanol–water partition coefficient (Wildman–Crippen LogP) is 3.14. The highest BCUT2D eigenvalue weighted by atomic mass is 19.1. The summed E-state index contributed by atoms with van der Waals surface area (Å²) in [6.07, 6.45) is 0. The van der Waals surface area contributed by atoms with E-state index in [1.807, 2.05) is 36.4 Å². The Balaban J connectivity index is 1.77. The van der Waals surface area contributed by atoms with Gasteiger partial charge in [-0.15, -0.1) is 5.06 Å². The molecule has 0 saturated heterocycles. The Labute approximate surface area is 99.2 Å². The van der Waals surface area contributed by atoms with E-state index in [1.165, 1.54) is 6.07 Å². The summed E-state index contributed by atoms with van der Waals surface area (Å²) in [6, 6.07) is 14.7. The molecule has 86 valence electrons. The van der Waals surface area contributed by atoms with E-state index in [9.17, 15) is 4.39 Å². The third-order valence-electron chi connectivity index (χ3n) is 2.87. The monoisotopic (exact) mass is 229 g/mol. The third kappa shape index (κ3) is 2.01. The van der Waals surface area contributed by atoms with Crippen molar-refractivity contribution in [1.82, 2.24) is 5.06 Å². The molecule has 1 aliphatic heterocycles. The van der Waals surface area contributed by atoms with E-state index in [0.29, 0.717) is 13.1 Å². The zero-order valence-corrected chi connectivity index (χ0v) is 9.27. The molecule has 0 amide bonds. The van der Waals surface area contributed by atoms with Gasteiger partial charge in [-0.1, -0.05) is 30.3 Å². The van der Waals surface area contributed by atoms with Crippen LogP contribution in [0.4, 0.5) is 4.39 Å². The lowest BCUT2D eigenvalue weighted by atomic mass is 10.1. The van der Waals surface area contributed by atoms with Crippen molar-refractivity contribution in [1.29, 1.82) is 0 Å². The molecule has 0 saturated carbocycles. The van der Waals surface area contributed by atoms with Gasteiger partial charge in [-0.05, 0) is 23.8 Å². The van der Waals surface area contributed by atoms with Gasteiger partial charge in [0.25, 0.3) is 0 Å². The lowest BCUT2D eigenvalue weighted by molar-refractivity contribution is -0.0646. The summed E-state index contributed by atoms with van der Waals surface area (Å²) in [5, 5.41) is 1.77. The summed E-state index contributed by atoms with van der Waals surface area (Å²) in [5.74, 6) is 0.627. The van der Waals surface area contributed by atoms with Gasteiger partial charge >= 0.3 is 0 Å². The first-order valence-electron chi connectivity index (χ1n) is 5.57. The fraction of sp³-hybridized carbons (Fsp3) is 0.143. The SMILES string of the molecule is Fc1cccc2c1CN(Oc1ccccc1)C2. The first kappa shape index (κ1) is 10.3. The molecule has 0 spiro atoms. The molecule has 2 nitrogen and oxygen atoms in total. The van der Waals surface area contributed by atoms with Crippen LogP contribution in [0.15, 0.2) is 48.5 Å². The molecule has 0 atom stereocenters. The summed E-state index contributed by atoms with van der Waals surface area (Å²) in [6.45, 7) is 1.12. The Morgan fingerprint density at radius 1 is 0.941 bits per heavy atom. The molecule has 0 aliphatic carbocycles. The van der Waals surface area contributed by atoms with E-state index in [0.717, 1.165) is 16.9 Å². The number of hydrogen-bond donors (Lipinski definition) is 0. The number of benzene rings is 2. The van der Waals surface area contributed by atoms with Gasteiger partial charge in [-0.3, -0.25) is 0 Å². The lowest BCUT2D eigenvalue weighted by Gasteiger charge is -2.15. The first-order chi connectivity index (χ1) is 8.33. The Kier molecular flexibility index (Phi) is 2.53. The highest BCUT2D eigenvalue weighted by molar-refractivity contribution is 5.31. The van der Waals surface area contributed by atoms with E-state index in [4.69, 9.17) is 4.84 Å². The Bertz CT molecular complexity index is 527. The standard InChI is InChI=1S/C14H12FNO/c15-14-8-4-5-11-9-16(10-13(11)14)17-12-6-2-1-3-7-12/h1-8H,9-10H2. The van der Waals surface area contributed by atoms with Crippen LogP contribution in [-0.4, -0.2) is 5.06 Å². The summed E-state index contributed by atoms with van der Waals surface area (Å²) in [5.41, 5.74) is 1.74. The van der Waals surface area contributed by atoms with Crippen LogP contribution in [0, 0.1) is 5.82 Å². The molecular weight excluding hydrogens is 217 g/mol. The molecule has 2 aromatic carbocycles. The second kappa shape index (κ2) is 4.18. The van der Waals surface area contributed by atoms with Crippen molar-refractivity contribution in [3.63, 3.8) is 0 Å². The molecule has 0 N–H and O–H groups in total. The van der Waals surface area contributed by atoms with Gasteiger partial charge in [0.05, 0.1) is 13.1 Å². The van der Waals surface area contributed by atoms with E-state index in [2.05, 4.69) is 0 Å². The van der Waals surface area contributed by atoms with Gasteiger partial charge in [-0.2, -0.15) is 0 Å². The minimum absolute atomic E-state index is 0.151. The maximum Gasteiger partial charge on any atom is 0.147 e. The summed E-state index contributed by atoms with van der Waals surface area (Å²) >= 11 is 0. The minimum atomic E-state index is -0.151. The Morgan fingerprint density at radius 3 is 2.53 bits per heavy atom. The number of para-hydroxylation sites is 1. The molecule has 2 aromatic rings. The average Bonchev–Trinajstić information content (AvgIpc) is 2.74. The zero-order valence-electron chi connectivity index (χ0n) is 9.27. The minimum Gasteiger partial charge on any atom is -0.405 e. The molecule has 17 heavy (non-hydrogen) atoms. The van der Waals surface area contributed by atoms with Crippen molar-refractivity contribution in [2.45, 2.75) is 13.1 Å². The fourth-order valence-corrected chi connectivity index (χ4v) is 2.05. The molecule has 3 heteroatoms. The molecule has 1 aliphatic rings. The maximum atomic E-state index is 13.5. The van der Waals surface area contributed by atoms with Gasteiger partial charge in [0, 0.05) is 5.56 Å². The number of fused-ring (bicyclic) bond motifs is 1. The smallest absolute Gasteiger partial charge is 0.147 e. The van der Waals surface area contributed by atoms with Gasteiger partial charge < -0.3 is 4.84 Å². The number of hydrogen-bond acceptors (Lipinski definition) is 2. The normalized spacial score (nSPS) is 14.6. The Hall–Kier alpha value is -1.87. The zero-order chi connectivity index (χ0) is 11.7. The second-order valence-corrected chi connectivity index (χ2v) is 4.08. The molecule has 0 radical (unpaired) electrons. The molecule has 0 unspecified atom stereocenters. The number of nitrogens with zero attached hydrogens (tertiary/aromatic N) is 1. The number of rotatable bonds is 2. The van der Waals surface area contributed by atoms with Gasteiger partial charge in [0.2, 0.25) is 0 Å². The average molecular weight is 229 g/mol. The van der Waals surface area contributed by atoms with Crippen LogP contribution in [0.1, 0.15) is 11.1 Å². The molecule has 0 fully saturated rings. The van der Waals surface area contributed by atoms with Crippen LogP contribution in [0.2, 0.25) is 0 Å². The summed E-state index contributed by atoms with van der Waals surface area (Å²) in [7, 11) is 0.